The highest BCUT2D eigenvalue weighted by molar-refractivity contribution is 9.10. The SMILES string of the molecule is CCCNc1ncc(Br)cc1S(=O)(=O)NC1CCOC1C. The van der Waals surface area contributed by atoms with Crippen LogP contribution in [0.2, 0.25) is 0 Å². The third-order valence-electron chi connectivity index (χ3n) is 3.33. The zero-order chi connectivity index (χ0) is 15.5. The second-order valence-electron chi connectivity index (χ2n) is 5.02. The number of hydrogen-bond acceptors (Lipinski definition) is 5. The molecule has 0 aromatic carbocycles. The quantitative estimate of drug-likeness (QED) is 0.793. The minimum atomic E-state index is -3.65. The van der Waals surface area contributed by atoms with Crippen LogP contribution < -0.4 is 10.0 Å². The largest absolute Gasteiger partial charge is 0.377 e. The highest BCUT2D eigenvalue weighted by Crippen LogP contribution is 2.24. The third-order valence-corrected chi connectivity index (χ3v) is 5.27. The molecule has 0 saturated carbocycles. The van der Waals surface area contributed by atoms with E-state index in [0.29, 0.717) is 29.9 Å². The molecular weight excluding hydrogens is 358 g/mol. The van der Waals surface area contributed by atoms with Crippen molar-refractivity contribution in [3.8, 4) is 0 Å². The van der Waals surface area contributed by atoms with Crippen molar-refractivity contribution in [3.05, 3.63) is 16.7 Å². The zero-order valence-corrected chi connectivity index (χ0v) is 14.5. The molecule has 0 bridgehead atoms. The van der Waals surface area contributed by atoms with Crippen molar-refractivity contribution >= 4 is 31.8 Å². The standard InChI is InChI=1S/C13H20BrN3O3S/c1-3-5-15-13-12(7-10(14)8-16-13)21(18,19)17-11-4-6-20-9(11)2/h7-9,11,17H,3-6H2,1-2H3,(H,15,16). The van der Waals surface area contributed by atoms with Crippen molar-refractivity contribution in [2.24, 2.45) is 0 Å². The first kappa shape index (κ1) is 16.7. The fourth-order valence-electron chi connectivity index (χ4n) is 2.15. The van der Waals surface area contributed by atoms with Crippen LogP contribution in [-0.4, -0.2) is 38.7 Å². The fourth-order valence-corrected chi connectivity index (χ4v) is 4.13. The minimum absolute atomic E-state index is 0.119. The summed E-state index contributed by atoms with van der Waals surface area (Å²) in [5.74, 6) is 0.374. The number of pyridine rings is 1. The molecule has 0 spiro atoms. The van der Waals surface area contributed by atoms with Gasteiger partial charge in [0.2, 0.25) is 10.0 Å². The highest BCUT2D eigenvalue weighted by Gasteiger charge is 2.30. The lowest BCUT2D eigenvalue weighted by Crippen LogP contribution is -2.39. The number of rotatable bonds is 6. The minimum Gasteiger partial charge on any atom is -0.377 e. The molecule has 2 heterocycles. The van der Waals surface area contributed by atoms with Crippen molar-refractivity contribution < 1.29 is 13.2 Å². The van der Waals surface area contributed by atoms with E-state index in [1.54, 1.807) is 12.3 Å². The summed E-state index contributed by atoms with van der Waals surface area (Å²) in [6.07, 6.45) is 3.03. The van der Waals surface area contributed by atoms with Crippen LogP contribution in [0.1, 0.15) is 26.7 Å². The normalized spacial score (nSPS) is 22.4. The van der Waals surface area contributed by atoms with Crippen molar-refractivity contribution in [3.63, 3.8) is 0 Å². The van der Waals surface area contributed by atoms with Gasteiger partial charge >= 0.3 is 0 Å². The molecule has 6 nitrogen and oxygen atoms in total. The molecule has 1 aliphatic heterocycles. The van der Waals surface area contributed by atoms with Crippen LogP contribution in [-0.2, 0) is 14.8 Å². The summed E-state index contributed by atoms with van der Waals surface area (Å²) >= 11 is 3.27. The molecule has 118 valence electrons. The zero-order valence-electron chi connectivity index (χ0n) is 12.1. The maximum absolute atomic E-state index is 12.6. The van der Waals surface area contributed by atoms with Crippen molar-refractivity contribution in [1.82, 2.24) is 9.71 Å². The Bertz CT molecular complexity index is 594. The molecule has 1 aromatic heterocycles. The van der Waals surface area contributed by atoms with Gasteiger partial charge < -0.3 is 10.1 Å². The Kier molecular flexibility index (Phi) is 5.59. The van der Waals surface area contributed by atoms with Crippen LogP contribution in [0.3, 0.4) is 0 Å². The predicted molar refractivity (Wildman–Crippen MR) is 84.9 cm³/mol. The van der Waals surface area contributed by atoms with Crippen LogP contribution in [0, 0.1) is 0 Å². The van der Waals surface area contributed by atoms with Crippen LogP contribution in [0.15, 0.2) is 21.6 Å². The van der Waals surface area contributed by atoms with Crippen LogP contribution in [0.5, 0.6) is 0 Å². The van der Waals surface area contributed by atoms with Crippen molar-refractivity contribution in [2.75, 3.05) is 18.5 Å². The number of nitrogens with one attached hydrogen (secondary N) is 2. The van der Waals surface area contributed by atoms with E-state index in [1.165, 1.54) is 0 Å². The van der Waals surface area contributed by atoms with Gasteiger partial charge in [0.25, 0.3) is 0 Å². The summed E-state index contributed by atoms with van der Waals surface area (Å²) in [6.45, 7) is 5.12. The molecule has 1 aliphatic rings. The molecule has 21 heavy (non-hydrogen) atoms. The number of aromatic nitrogens is 1. The second kappa shape index (κ2) is 7.04. The average Bonchev–Trinajstić information content (AvgIpc) is 2.82. The predicted octanol–water partition coefficient (Wildman–Crippen LogP) is 2.12. The van der Waals surface area contributed by atoms with Gasteiger partial charge in [-0.1, -0.05) is 6.92 Å². The Morgan fingerprint density at radius 3 is 2.90 bits per heavy atom. The molecule has 2 N–H and O–H groups in total. The van der Waals surface area contributed by atoms with E-state index in [2.05, 4.69) is 31.0 Å². The Morgan fingerprint density at radius 2 is 2.29 bits per heavy atom. The Labute approximate surface area is 133 Å². The van der Waals surface area contributed by atoms with Gasteiger partial charge in [0.05, 0.1) is 12.1 Å². The first-order valence-corrected chi connectivity index (χ1v) is 9.25. The van der Waals surface area contributed by atoms with Gasteiger partial charge in [-0.2, -0.15) is 0 Å². The molecule has 0 amide bonds. The molecule has 1 saturated heterocycles. The van der Waals surface area contributed by atoms with Crippen molar-refractivity contribution in [1.29, 1.82) is 0 Å². The van der Waals surface area contributed by atoms with Gasteiger partial charge in [-0.25, -0.2) is 18.1 Å². The molecule has 8 heteroatoms. The van der Waals surface area contributed by atoms with E-state index in [9.17, 15) is 8.42 Å². The first-order valence-electron chi connectivity index (χ1n) is 6.97. The Balaban J connectivity index is 2.27. The number of ether oxygens (including phenoxy) is 1. The monoisotopic (exact) mass is 377 g/mol. The lowest BCUT2D eigenvalue weighted by molar-refractivity contribution is 0.117. The molecule has 2 atom stereocenters. The van der Waals surface area contributed by atoms with Gasteiger partial charge in [0.1, 0.15) is 10.7 Å². The first-order chi connectivity index (χ1) is 9.94. The summed E-state index contributed by atoms with van der Waals surface area (Å²) in [4.78, 5) is 4.32. The molecule has 1 fully saturated rings. The van der Waals surface area contributed by atoms with Crippen LogP contribution in [0.4, 0.5) is 5.82 Å². The molecule has 2 unspecified atom stereocenters. The van der Waals surface area contributed by atoms with E-state index >= 15 is 0 Å². The third kappa shape index (κ3) is 4.15. The number of halogens is 1. The molecule has 0 aliphatic carbocycles. The molecule has 2 rings (SSSR count). The summed E-state index contributed by atoms with van der Waals surface area (Å²) in [5.41, 5.74) is 0. The summed E-state index contributed by atoms with van der Waals surface area (Å²) in [5, 5.41) is 3.05. The lowest BCUT2D eigenvalue weighted by atomic mass is 10.2. The Morgan fingerprint density at radius 1 is 1.52 bits per heavy atom. The smallest absolute Gasteiger partial charge is 0.244 e. The highest BCUT2D eigenvalue weighted by atomic mass is 79.9. The maximum atomic E-state index is 12.6. The topological polar surface area (TPSA) is 80.3 Å². The van der Waals surface area contributed by atoms with E-state index in [-0.39, 0.29) is 17.0 Å². The number of anilines is 1. The van der Waals surface area contributed by atoms with E-state index in [4.69, 9.17) is 4.74 Å². The number of sulfonamides is 1. The molecule has 0 radical (unpaired) electrons. The van der Waals surface area contributed by atoms with E-state index in [0.717, 1.165) is 6.42 Å². The van der Waals surface area contributed by atoms with Gasteiger partial charge in [0, 0.05) is 23.8 Å². The summed E-state index contributed by atoms with van der Waals surface area (Å²) in [6, 6.07) is 1.36. The van der Waals surface area contributed by atoms with Gasteiger partial charge in [-0.05, 0) is 41.8 Å². The van der Waals surface area contributed by atoms with E-state index < -0.39 is 10.0 Å². The van der Waals surface area contributed by atoms with Gasteiger partial charge in [-0.3, -0.25) is 0 Å². The van der Waals surface area contributed by atoms with Gasteiger partial charge in [0.15, 0.2) is 0 Å². The fraction of sp³-hybridized carbons (Fsp3) is 0.615. The number of nitrogens with zero attached hydrogens (tertiary/aromatic N) is 1. The summed E-state index contributed by atoms with van der Waals surface area (Å²) in [7, 11) is -3.65. The Hall–Kier alpha value is -0.700. The molecule has 1 aromatic rings. The van der Waals surface area contributed by atoms with Crippen LogP contribution in [0.25, 0.3) is 0 Å². The second-order valence-corrected chi connectivity index (χ2v) is 7.62. The number of hydrogen-bond donors (Lipinski definition) is 2. The maximum Gasteiger partial charge on any atom is 0.244 e. The lowest BCUT2D eigenvalue weighted by Gasteiger charge is -2.18. The molecular formula is C13H20BrN3O3S. The van der Waals surface area contributed by atoms with Gasteiger partial charge in [-0.15, -0.1) is 0 Å². The van der Waals surface area contributed by atoms with Crippen LogP contribution >= 0.6 is 15.9 Å². The van der Waals surface area contributed by atoms with E-state index in [1.807, 2.05) is 13.8 Å². The summed E-state index contributed by atoms with van der Waals surface area (Å²) < 4.78 is 33.9. The average molecular weight is 378 g/mol. The van der Waals surface area contributed by atoms with Crippen molar-refractivity contribution in [2.45, 2.75) is 43.7 Å².